The number of amides is 1. The number of hydrogen-bond donors (Lipinski definition) is 0. The van der Waals surface area contributed by atoms with Crippen LogP contribution in [0.5, 0.6) is 0 Å². The predicted molar refractivity (Wildman–Crippen MR) is 92.8 cm³/mol. The maximum atomic E-state index is 12.1. The molecule has 0 aromatic heterocycles. The van der Waals surface area contributed by atoms with E-state index in [2.05, 4.69) is 18.8 Å². The normalized spacial score (nSPS) is 41.2. The zero-order valence-corrected chi connectivity index (χ0v) is 15.8. The van der Waals surface area contributed by atoms with Crippen molar-refractivity contribution in [2.45, 2.75) is 63.0 Å². The molecule has 0 N–H and O–H groups in total. The van der Waals surface area contributed by atoms with Crippen LogP contribution in [0.25, 0.3) is 0 Å². The Bertz CT molecular complexity index is 600. The number of carbonyl (C=O) groups is 1. The summed E-state index contributed by atoms with van der Waals surface area (Å²) in [6.07, 6.45) is 1.61. The third-order valence-electron chi connectivity index (χ3n) is 5.24. The minimum Gasteiger partial charge on any atom is -0.431 e. The number of cyclic esters (lactones) is 1. The summed E-state index contributed by atoms with van der Waals surface area (Å²) in [4.78, 5) is 13.7. The highest BCUT2D eigenvalue weighted by Crippen LogP contribution is 2.44. The van der Waals surface area contributed by atoms with E-state index in [4.69, 9.17) is 18.9 Å². The smallest absolute Gasteiger partial charge is 0.412 e. The second-order valence-corrected chi connectivity index (χ2v) is 9.65. The monoisotopic (exact) mass is 367 g/mol. The van der Waals surface area contributed by atoms with E-state index in [1.165, 1.54) is 0 Å². The fourth-order valence-corrected chi connectivity index (χ4v) is 4.92. The third kappa shape index (κ3) is 3.14. The summed E-state index contributed by atoms with van der Waals surface area (Å²) in [5, 5.41) is 0. The van der Waals surface area contributed by atoms with E-state index in [-0.39, 0.29) is 28.5 Å². The van der Waals surface area contributed by atoms with Gasteiger partial charge in [0, 0.05) is 24.0 Å². The first-order chi connectivity index (χ1) is 11.8. The molecule has 25 heavy (non-hydrogen) atoms. The minimum absolute atomic E-state index is 0.00709. The number of carbonyl (C=O) groups excluding carboxylic acids is 1. The van der Waals surface area contributed by atoms with Crippen molar-refractivity contribution in [1.82, 2.24) is 4.90 Å². The molecule has 0 aliphatic carbocycles. The Labute approximate surface area is 152 Å². The van der Waals surface area contributed by atoms with Crippen molar-refractivity contribution in [2.24, 2.45) is 5.41 Å². The average molecular weight is 367 g/mol. The lowest BCUT2D eigenvalue weighted by Crippen LogP contribution is -2.58. The van der Waals surface area contributed by atoms with Crippen LogP contribution in [0.1, 0.15) is 40.0 Å². The number of hydrogen-bond acceptors (Lipinski definition) is 6. The van der Waals surface area contributed by atoms with Gasteiger partial charge in [-0.1, -0.05) is 18.8 Å². The largest absolute Gasteiger partial charge is 0.431 e. The minimum atomic E-state index is -0.873. The lowest BCUT2D eigenvalue weighted by atomic mass is 9.91. The standard InChI is InChI=1S/C18H25NO5S/c1-16(2)19-13(9-25-16)14(24-15(19)20)7-5-4-6-8-18-21-10-17(3,11-22-18)12-23-18/h13-14H,4,6,8-12H2,1-3H3/t13?,14-,17?,18?/m1/s1. The fourth-order valence-electron chi connectivity index (χ4n) is 3.67. The van der Waals surface area contributed by atoms with E-state index in [1.54, 1.807) is 11.8 Å². The fraction of sp³-hybridized carbons (Fsp3) is 0.833. The molecule has 7 heteroatoms. The highest BCUT2D eigenvalue weighted by Gasteiger charge is 2.53. The van der Waals surface area contributed by atoms with Crippen molar-refractivity contribution in [1.29, 1.82) is 0 Å². The lowest BCUT2D eigenvalue weighted by molar-refractivity contribution is -0.467. The van der Waals surface area contributed by atoms with Gasteiger partial charge >= 0.3 is 6.09 Å². The molecule has 5 aliphatic heterocycles. The van der Waals surface area contributed by atoms with Crippen molar-refractivity contribution >= 4 is 17.9 Å². The van der Waals surface area contributed by atoms with Crippen LogP contribution >= 0.6 is 11.8 Å². The molecule has 5 rings (SSSR count). The van der Waals surface area contributed by atoms with Gasteiger partial charge in [0.2, 0.25) is 0 Å². The molecule has 5 fully saturated rings. The van der Waals surface area contributed by atoms with Gasteiger partial charge in [0.05, 0.1) is 30.7 Å². The Morgan fingerprint density at radius 2 is 1.88 bits per heavy atom. The number of nitrogens with zero attached hydrogens (tertiary/aromatic N) is 1. The van der Waals surface area contributed by atoms with Crippen LogP contribution < -0.4 is 0 Å². The first kappa shape index (κ1) is 17.5. The molecule has 5 heterocycles. The van der Waals surface area contributed by atoms with Crippen LogP contribution in [0, 0.1) is 17.3 Å². The second-order valence-electron chi connectivity index (χ2n) is 8.03. The Kier molecular flexibility index (Phi) is 4.23. The molecule has 2 atom stereocenters. The van der Waals surface area contributed by atoms with Crippen molar-refractivity contribution in [3.05, 3.63) is 0 Å². The molecule has 5 saturated heterocycles. The van der Waals surface area contributed by atoms with Gasteiger partial charge in [-0.25, -0.2) is 4.79 Å². The molecule has 6 nitrogen and oxygen atoms in total. The van der Waals surface area contributed by atoms with E-state index >= 15 is 0 Å². The zero-order chi connectivity index (χ0) is 17.7. The molecule has 1 unspecified atom stereocenters. The zero-order valence-electron chi connectivity index (χ0n) is 15.0. The van der Waals surface area contributed by atoms with Gasteiger partial charge in [-0.2, -0.15) is 0 Å². The number of fused-ring (bicyclic) bond motifs is 4. The molecular weight excluding hydrogens is 342 g/mol. The van der Waals surface area contributed by atoms with E-state index in [1.807, 2.05) is 18.7 Å². The Morgan fingerprint density at radius 1 is 1.20 bits per heavy atom. The quantitative estimate of drug-likeness (QED) is 0.564. The molecule has 5 aliphatic rings. The third-order valence-corrected chi connectivity index (χ3v) is 6.66. The first-order valence-corrected chi connectivity index (χ1v) is 9.85. The number of unbranched alkanes of at least 4 members (excludes halogenated alkanes) is 1. The van der Waals surface area contributed by atoms with Gasteiger partial charge in [0.15, 0.2) is 6.10 Å². The van der Waals surface area contributed by atoms with E-state index < -0.39 is 5.97 Å². The predicted octanol–water partition coefficient (Wildman–Crippen LogP) is 2.57. The van der Waals surface area contributed by atoms with Crippen molar-refractivity contribution in [2.75, 3.05) is 25.6 Å². The van der Waals surface area contributed by atoms with Crippen LogP contribution in [0.2, 0.25) is 0 Å². The molecule has 0 radical (unpaired) electrons. The maximum Gasteiger partial charge on any atom is 0.412 e. The summed E-state index contributed by atoms with van der Waals surface area (Å²) >= 11 is 1.78. The Hall–Kier alpha value is -0.940. The van der Waals surface area contributed by atoms with Crippen LogP contribution in [0.15, 0.2) is 0 Å². The molecule has 0 spiro atoms. The van der Waals surface area contributed by atoms with E-state index in [9.17, 15) is 4.79 Å². The number of thioether (sulfide) groups is 1. The molecule has 138 valence electrons. The van der Waals surface area contributed by atoms with E-state index in [0.717, 1.165) is 12.2 Å². The van der Waals surface area contributed by atoms with Crippen molar-refractivity contribution in [3.8, 4) is 11.8 Å². The number of rotatable bonds is 3. The van der Waals surface area contributed by atoms with Gasteiger partial charge < -0.3 is 18.9 Å². The van der Waals surface area contributed by atoms with Gasteiger partial charge in [-0.05, 0) is 20.3 Å². The molecule has 1 amide bonds. The first-order valence-electron chi connectivity index (χ1n) is 8.87. The van der Waals surface area contributed by atoms with Gasteiger partial charge in [0.25, 0.3) is 5.97 Å². The topological polar surface area (TPSA) is 57.2 Å². The molecule has 0 aromatic rings. The Morgan fingerprint density at radius 3 is 2.56 bits per heavy atom. The van der Waals surface area contributed by atoms with Gasteiger partial charge in [-0.3, -0.25) is 4.90 Å². The second kappa shape index (κ2) is 6.05. The van der Waals surface area contributed by atoms with Crippen molar-refractivity contribution < 1.29 is 23.7 Å². The lowest BCUT2D eigenvalue weighted by Gasteiger charge is -2.50. The van der Waals surface area contributed by atoms with Gasteiger partial charge in [-0.15, -0.1) is 11.8 Å². The van der Waals surface area contributed by atoms with Crippen LogP contribution in [-0.2, 0) is 18.9 Å². The summed E-state index contributed by atoms with van der Waals surface area (Å²) in [7, 11) is 0. The maximum absolute atomic E-state index is 12.1. The average Bonchev–Trinajstić information content (AvgIpc) is 3.07. The van der Waals surface area contributed by atoms with Crippen LogP contribution in [0.3, 0.4) is 0 Å². The highest BCUT2D eigenvalue weighted by molar-refractivity contribution is 8.00. The van der Waals surface area contributed by atoms with E-state index in [0.29, 0.717) is 32.7 Å². The molecular formula is C18H25NO5S. The summed E-state index contributed by atoms with van der Waals surface area (Å²) < 4.78 is 22.8. The van der Waals surface area contributed by atoms with Crippen LogP contribution in [-0.4, -0.2) is 59.6 Å². The number of ether oxygens (including phenoxy) is 4. The summed E-state index contributed by atoms with van der Waals surface area (Å²) in [5.74, 6) is 6.29. The summed E-state index contributed by atoms with van der Waals surface area (Å²) in [6.45, 7) is 8.25. The summed E-state index contributed by atoms with van der Waals surface area (Å²) in [6, 6.07) is 0.0583. The summed E-state index contributed by atoms with van der Waals surface area (Å²) in [5.41, 5.74) is -0.00709. The molecule has 2 bridgehead atoms. The van der Waals surface area contributed by atoms with Crippen LogP contribution in [0.4, 0.5) is 4.79 Å². The van der Waals surface area contributed by atoms with Crippen molar-refractivity contribution in [3.63, 3.8) is 0 Å². The highest BCUT2D eigenvalue weighted by atomic mass is 32.2. The molecule has 0 aromatic carbocycles. The van der Waals surface area contributed by atoms with Gasteiger partial charge in [0.1, 0.15) is 0 Å². The Balaban J connectivity index is 1.27. The SMILES string of the molecule is CC12COC(CCCC#C[C@H]3OC(=O)N4C3CSC4(C)C)(OC1)OC2. The molecule has 0 saturated carbocycles.